The Morgan fingerprint density at radius 1 is 0.903 bits per heavy atom. The minimum absolute atomic E-state index is 0.227. The lowest BCUT2D eigenvalue weighted by Crippen LogP contribution is -2.17. The van der Waals surface area contributed by atoms with Gasteiger partial charge in [-0.25, -0.2) is 10.2 Å². The number of rotatable bonds is 7. The molecule has 0 saturated heterocycles. The summed E-state index contributed by atoms with van der Waals surface area (Å²) in [6.07, 6.45) is 1.44. The van der Waals surface area contributed by atoms with Gasteiger partial charge in [-0.05, 0) is 66.2 Å². The number of carbonyl (C=O) groups excluding carboxylic acids is 2. The molecule has 0 radical (unpaired) electrons. The monoisotopic (exact) mass is 482 g/mol. The van der Waals surface area contributed by atoms with Crippen LogP contribution >= 0.6 is 15.9 Å². The highest BCUT2D eigenvalue weighted by Gasteiger charge is 2.13. The first-order chi connectivity index (χ1) is 15.0. The van der Waals surface area contributed by atoms with Crippen LogP contribution in [0.4, 0.5) is 0 Å². The van der Waals surface area contributed by atoms with Gasteiger partial charge < -0.3 is 14.2 Å². The molecule has 0 saturated carbocycles. The van der Waals surface area contributed by atoms with Crippen LogP contribution in [0.3, 0.4) is 0 Å². The second-order valence-corrected chi connectivity index (χ2v) is 7.15. The number of hydrazone groups is 1. The van der Waals surface area contributed by atoms with Gasteiger partial charge in [-0.3, -0.25) is 4.79 Å². The van der Waals surface area contributed by atoms with Crippen LogP contribution in [-0.4, -0.2) is 32.3 Å². The van der Waals surface area contributed by atoms with Crippen molar-refractivity contribution >= 4 is 34.0 Å². The molecule has 7 nitrogen and oxygen atoms in total. The average molecular weight is 483 g/mol. The third-order valence-electron chi connectivity index (χ3n) is 4.18. The van der Waals surface area contributed by atoms with Gasteiger partial charge in [0.25, 0.3) is 5.91 Å². The molecule has 1 amide bonds. The molecule has 0 heterocycles. The highest BCUT2D eigenvalue weighted by Crippen LogP contribution is 2.28. The van der Waals surface area contributed by atoms with Crippen LogP contribution in [0.1, 0.15) is 26.3 Å². The van der Waals surface area contributed by atoms with Gasteiger partial charge in [0.05, 0.1) is 26.0 Å². The van der Waals surface area contributed by atoms with Gasteiger partial charge in [0.15, 0.2) is 11.5 Å². The molecule has 0 bridgehead atoms. The van der Waals surface area contributed by atoms with E-state index in [1.807, 2.05) is 6.07 Å². The van der Waals surface area contributed by atoms with Gasteiger partial charge in [0.2, 0.25) is 0 Å². The van der Waals surface area contributed by atoms with Crippen LogP contribution in [0.2, 0.25) is 0 Å². The quantitative estimate of drug-likeness (QED) is 0.232. The number of carbonyl (C=O) groups is 2. The predicted molar refractivity (Wildman–Crippen MR) is 120 cm³/mol. The highest BCUT2D eigenvalue weighted by molar-refractivity contribution is 9.10. The summed E-state index contributed by atoms with van der Waals surface area (Å²) in [7, 11) is 3.03. The molecule has 0 unspecified atom stereocenters. The summed E-state index contributed by atoms with van der Waals surface area (Å²) in [4.78, 5) is 24.6. The van der Waals surface area contributed by atoms with Crippen molar-refractivity contribution in [3.05, 3.63) is 87.9 Å². The topological polar surface area (TPSA) is 86.2 Å². The van der Waals surface area contributed by atoms with Crippen LogP contribution in [0.15, 0.2) is 76.3 Å². The van der Waals surface area contributed by atoms with Gasteiger partial charge in [0.1, 0.15) is 5.75 Å². The van der Waals surface area contributed by atoms with Crippen molar-refractivity contribution in [2.75, 3.05) is 14.2 Å². The Kier molecular flexibility index (Phi) is 7.40. The van der Waals surface area contributed by atoms with Gasteiger partial charge in [-0.2, -0.15) is 5.10 Å². The van der Waals surface area contributed by atoms with Crippen molar-refractivity contribution in [2.45, 2.75) is 0 Å². The molecule has 0 fully saturated rings. The number of nitrogens with one attached hydrogen (secondary N) is 1. The Balaban J connectivity index is 1.71. The predicted octanol–water partition coefficient (Wildman–Crippen LogP) is 4.45. The summed E-state index contributed by atoms with van der Waals surface area (Å²) in [5.41, 5.74) is 3.90. The molecule has 0 atom stereocenters. The van der Waals surface area contributed by atoms with E-state index >= 15 is 0 Å². The summed E-state index contributed by atoms with van der Waals surface area (Å²) in [5, 5.41) is 3.97. The number of hydrogen-bond acceptors (Lipinski definition) is 6. The molecular weight excluding hydrogens is 464 g/mol. The molecule has 3 rings (SSSR count). The zero-order chi connectivity index (χ0) is 22.2. The maximum Gasteiger partial charge on any atom is 0.343 e. The Morgan fingerprint density at radius 2 is 1.68 bits per heavy atom. The van der Waals surface area contributed by atoms with Crippen molar-refractivity contribution in [3.8, 4) is 17.2 Å². The number of benzene rings is 3. The van der Waals surface area contributed by atoms with Crippen molar-refractivity contribution in [2.24, 2.45) is 5.10 Å². The lowest BCUT2D eigenvalue weighted by molar-refractivity contribution is 0.0729. The minimum atomic E-state index is -0.544. The molecule has 158 valence electrons. The number of amides is 1. The van der Waals surface area contributed by atoms with Crippen LogP contribution in [-0.2, 0) is 0 Å². The fourth-order valence-corrected chi connectivity index (χ4v) is 3.00. The van der Waals surface area contributed by atoms with Gasteiger partial charge in [-0.1, -0.05) is 22.0 Å². The first-order valence-corrected chi connectivity index (χ1v) is 9.92. The summed E-state index contributed by atoms with van der Waals surface area (Å²) in [6, 6.07) is 18.5. The summed E-state index contributed by atoms with van der Waals surface area (Å²) in [5.74, 6) is 0.357. The number of nitrogens with zero attached hydrogens (tertiary/aromatic N) is 1. The largest absolute Gasteiger partial charge is 0.497 e. The van der Waals surface area contributed by atoms with E-state index in [-0.39, 0.29) is 11.7 Å². The van der Waals surface area contributed by atoms with Crippen LogP contribution in [0.25, 0.3) is 0 Å². The van der Waals surface area contributed by atoms with E-state index in [0.29, 0.717) is 28.2 Å². The van der Waals surface area contributed by atoms with E-state index in [1.54, 1.807) is 67.8 Å². The second-order valence-electron chi connectivity index (χ2n) is 6.24. The summed E-state index contributed by atoms with van der Waals surface area (Å²) < 4.78 is 16.6. The number of esters is 1. The Morgan fingerprint density at radius 3 is 2.35 bits per heavy atom. The molecule has 31 heavy (non-hydrogen) atoms. The maximum absolute atomic E-state index is 12.5. The average Bonchev–Trinajstić information content (AvgIpc) is 2.79. The molecule has 3 aromatic rings. The second kappa shape index (κ2) is 10.4. The smallest absolute Gasteiger partial charge is 0.343 e. The van der Waals surface area contributed by atoms with Crippen LogP contribution in [0.5, 0.6) is 17.2 Å². The van der Waals surface area contributed by atoms with Gasteiger partial charge in [0, 0.05) is 10.0 Å². The first kappa shape index (κ1) is 22.0. The molecule has 1 N–H and O–H groups in total. The van der Waals surface area contributed by atoms with E-state index < -0.39 is 5.97 Å². The molecule has 8 heteroatoms. The zero-order valence-corrected chi connectivity index (χ0v) is 18.4. The van der Waals surface area contributed by atoms with E-state index in [2.05, 4.69) is 26.5 Å². The Hall–Kier alpha value is -3.65. The van der Waals surface area contributed by atoms with E-state index in [9.17, 15) is 9.59 Å². The molecule has 0 aliphatic carbocycles. The van der Waals surface area contributed by atoms with Crippen LogP contribution < -0.4 is 19.6 Å². The lowest BCUT2D eigenvalue weighted by atomic mass is 10.2. The molecule has 0 aliphatic heterocycles. The van der Waals surface area contributed by atoms with Crippen molar-refractivity contribution in [1.82, 2.24) is 5.43 Å². The van der Waals surface area contributed by atoms with Crippen LogP contribution in [0, 0.1) is 0 Å². The molecule has 0 aromatic heterocycles. The minimum Gasteiger partial charge on any atom is -0.497 e. The fraction of sp³-hybridized carbons (Fsp3) is 0.0870. The SMILES string of the molecule is COc1ccc(C(=O)Oc2cc(C=NNC(=O)c3cccc(Br)c3)ccc2OC)cc1. The van der Waals surface area contributed by atoms with Crippen molar-refractivity contribution in [3.63, 3.8) is 0 Å². The van der Waals surface area contributed by atoms with Crippen molar-refractivity contribution < 1.29 is 23.8 Å². The zero-order valence-electron chi connectivity index (χ0n) is 16.8. The molecule has 3 aromatic carbocycles. The molecule has 0 aliphatic rings. The summed E-state index contributed by atoms with van der Waals surface area (Å²) in [6.45, 7) is 0. The Bertz CT molecular complexity index is 1110. The normalized spacial score (nSPS) is 10.5. The third kappa shape index (κ3) is 5.93. The lowest BCUT2D eigenvalue weighted by Gasteiger charge is -2.10. The first-order valence-electron chi connectivity index (χ1n) is 9.13. The number of ether oxygens (including phenoxy) is 3. The van der Waals surface area contributed by atoms with E-state index in [4.69, 9.17) is 14.2 Å². The standard InChI is InChI=1S/C23H19BrN2O5/c1-29-19-9-7-16(8-10-19)23(28)31-21-12-15(6-11-20(21)30-2)14-25-26-22(27)17-4-3-5-18(24)13-17/h3-14H,1-2H3,(H,26,27). The maximum atomic E-state index is 12.5. The van der Waals surface area contributed by atoms with Crippen molar-refractivity contribution in [1.29, 1.82) is 0 Å². The molecule has 0 spiro atoms. The summed E-state index contributed by atoms with van der Waals surface area (Å²) >= 11 is 3.32. The fourth-order valence-electron chi connectivity index (χ4n) is 2.60. The van der Waals surface area contributed by atoms with Gasteiger partial charge >= 0.3 is 5.97 Å². The number of halogens is 1. The molecular formula is C23H19BrN2O5. The van der Waals surface area contributed by atoms with E-state index in [1.165, 1.54) is 13.3 Å². The van der Waals surface area contributed by atoms with E-state index in [0.717, 1.165) is 4.47 Å². The third-order valence-corrected chi connectivity index (χ3v) is 4.68. The van der Waals surface area contributed by atoms with Gasteiger partial charge in [-0.15, -0.1) is 0 Å². The highest BCUT2D eigenvalue weighted by atomic mass is 79.9. The number of methoxy groups -OCH3 is 2. The Labute approximate surface area is 187 Å². The number of hydrogen-bond donors (Lipinski definition) is 1.